The summed E-state index contributed by atoms with van der Waals surface area (Å²) in [6.45, 7) is 0.990. The molecule has 4 rings (SSSR count). The Morgan fingerprint density at radius 2 is 2.15 bits per heavy atom. The molecule has 5 heteroatoms. The predicted molar refractivity (Wildman–Crippen MR) is 81.0 cm³/mol. The number of anilines is 1. The molecule has 0 saturated heterocycles. The Bertz CT molecular complexity index is 703. The molecule has 3 aromatic heterocycles. The first-order chi connectivity index (χ1) is 9.92. The molecule has 1 aliphatic rings. The molecular weight excluding hydrogens is 268 g/mol. The number of nitrogens with one attached hydrogen (secondary N) is 1. The third-order valence-electron chi connectivity index (χ3n) is 3.60. The first-order valence-electron chi connectivity index (χ1n) is 6.69. The Balaban J connectivity index is 1.78. The molecule has 4 heterocycles. The van der Waals surface area contributed by atoms with Crippen LogP contribution in [0.15, 0.2) is 48.1 Å². The van der Waals surface area contributed by atoms with Crippen molar-refractivity contribution < 1.29 is 0 Å². The summed E-state index contributed by atoms with van der Waals surface area (Å²) in [5.41, 5.74) is 2.10. The summed E-state index contributed by atoms with van der Waals surface area (Å²) in [5, 5.41) is 10.4. The molecule has 3 aromatic rings. The molecule has 1 unspecified atom stereocenters. The largest absolute Gasteiger partial charge is 0.370 e. The van der Waals surface area contributed by atoms with Crippen LogP contribution in [-0.4, -0.2) is 21.3 Å². The van der Waals surface area contributed by atoms with E-state index in [0.29, 0.717) is 6.04 Å². The minimum absolute atomic E-state index is 0.349. The van der Waals surface area contributed by atoms with Crippen LogP contribution < -0.4 is 5.32 Å². The van der Waals surface area contributed by atoms with Crippen LogP contribution in [0.1, 0.15) is 17.3 Å². The van der Waals surface area contributed by atoms with Crippen molar-refractivity contribution in [1.29, 1.82) is 0 Å². The number of nitrogens with zero attached hydrogens (tertiary/aromatic N) is 3. The lowest BCUT2D eigenvalue weighted by molar-refractivity contribution is 0.490. The molecule has 100 valence electrons. The molecule has 0 saturated carbocycles. The van der Waals surface area contributed by atoms with Crippen molar-refractivity contribution in [3.8, 4) is 11.3 Å². The molecule has 0 aromatic carbocycles. The highest BCUT2D eigenvalue weighted by molar-refractivity contribution is 7.10. The van der Waals surface area contributed by atoms with Gasteiger partial charge in [-0.3, -0.25) is 4.98 Å². The highest BCUT2D eigenvalue weighted by Crippen LogP contribution is 2.34. The van der Waals surface area contributed by atoms with Gasteiger partial charge in [-0.05, 0) is 30.0 Å². The van der Waals surface area contributed by atoms with Crippen LogP contribution in [0.25, 0.3) is 11.3 Å². The Morgan fingerprint density at radius 3 is 2.95 bits per heavy atom. The highest BCUT2D eigenvalue weighted by Gasteiger charge is 2.24. The van der Waals surface area contributed by atoms with E-state index in [1.807, 2.05) is 12.1 Å². The van der Waals surface area contributed by atoms with Crippen molar-refractivity contribution in [2.45, 2.75) is 12.5 Å². The van der Waals surface area contributed by atoms with Crippen LogP contribution in [0.5, 0.6) is 0 Å². The summed E-state index contributed by atoms with van der Waals surface area (Å²) in [4.78, 5) is 5.43. The number of hydrogen-bond acceptors (Lipinski definition) is 4. The Morgan fingerprint density at radius 1 is 1.25 bits per heavy atom. The number of pyridine rings is 1. The van der Waals surface area contributed by atoms with Gasteiger partial charge in [0.25, 0.3) is 0 Å². The topological polar surface area (TPSA) is 42.7 Å². The number of rotatable bonds is 2. The summed E-state index contributed by atoms with van der Waals surface area (Å²) in [7, 11) is 0. The zero-order valence-electron chi connectivity index (χ0n) is 10.9. The molecule has 20 heavy (non-hydrogen) atoms. The highest BCUT2D eigenvalue weighted by atomic mass is 32.1. The number of fused-ring (bicyclic) bond motifs is 1. The summed E-state index contributed by atoms with van der Waals surface area (Å²) in [5.74, 6) is 1.10. The zero-order valence-corrected chi connectivity index (χ0v) is 11.7. The van der Waals surface area contributed by atoms with Gasteiger partial charge in [0.05, 0.1) is 11.7 Å². The first-order valence-corrected chi connectivity index (χ1v) is 7.57. The monoisotopic (exact) mass is 282 g/mol. The smallest absolute Gasteiger partial charge is 0.125 e. The average molecular weight is 282 g/mol. The van der Waals surface area contributed by atoms with Gasteiger partial charge < -0.3 is 5.32 Å². The van der Waals surface area contributed by atoms with Crippen LogP contribution in [0.4, 0.5) is 5.82 Å². The standard InChI is InChI=1S/C15H14N4S/c1-2-14(20-9-1)13-5-8-17-15-10-12(18-19(13)15)11-3-6-16-7-4-11/h1-4,6-7,9-10,13,17H,5,8H2. The van der Waals surface area contributed by atoms with E-state index in [1.165, 1.54) is 4.88 Å². The lowest BCUT2D eigenvalue weighted by atomic mass is 10.1. The van der Waals surface area contributed by atoms with Crippen molar-refractivity contribution in [1.82, 2.24) is 14.8 Å². The fourth-order valence-corrected chi connectivity index (χ4v) is 3.48. The van der Waals surface area contributed by atoms with E-state index in [9.17, 15) is 0 Å². The lowest BCUT2D eigenvalue weighted by Crippen LogP contribution is -2.23. The van der Waals surface area contributed by atoms with Gasteiger partial charge >= 0.3 is 0 Å². The summed E-state index contributed by atoms with van der Waals surface area (Å²) >= 11 is 1.80. The summed E-state index contributed by atoms with van der Waals surface area (Å²) in [6, 6.07) is 10.8. The molecule has 0 amide bonds. The molecule has 1 atom stereocenters. The van der Waals surface area contributed by atoms with Crippen LogP contribution in [0, 0.1) is 0 Å². The first kappa shape index (κ1) is 11.7. The van der Waals surface area contributed by atoms with E-state index < -0.39 is 0 Å². The fraction of sp³-hybridized carbons (Fsp3) is 0.200. The molecule has 0 radical (unpaired) electrons. The zero-order chi connectivity index (χ0) is 13.4. The normalized spacial score (nSPS) is 17.5. The molecule has 1 N–H and O–H groups in total. The molecule has 0 spiro atoms. The van der Waals surface area contributed by atoms with Gasteiger partial charge in [0.1, 0.15) is 5.82 Å². The van der Waals surface area contributed by atoms with Gasteiger partial charge in [0, 0.05) is 35.4 Å². The summed E-state index contributed by atoms with van der Waals surface area (Å²) < 4.78 is 2.12. The maximum atomic E-state index is 4.79. The molecular formula is C15H14N4S. The van der Waals surface area contributed by atoms with Crippen molar-refractivity contribution in [2.24, 2.45) is 0 Å². The number of aromatic nitrogens is 3. The van der Waals surface area contributed by atoms with E-state index >= 15 is 0 Å². The second-order valence-electron chi connectivity index (χ2n) is 4.84. The van der Waals surface area contributed by atoms with Crippen LogP contribution in [0.2, 0.25) is 0 Å². The molecule has 0 aliphatic carbocycles. The molecule has 0 bridgehead atoms. The third-order valence-corrected chi connectivity index (χ3v) is 4.58. The van der Waals surface area contributed by atoms with Crippen LogP contribution in [-0.2, 0) is 0 Å². The maximum Gasteiger partial charge on any atom is 0.125 e. The van der Waals surface area contributed by atoms with Crippen LogP contribution in [0.3, 0.4) is 0 Å². The Labute approximate surface area is 121 Å². The van der Waals surface area contributed by atoms with Crippen molar-refractivity contribution in [3.63, 3.8) is 0 Å². The van der Waals surface area contributed by atoms with Gasteiger partial charge in [-0.2, -0.15) is 5.10 Å². The second kappa shape index (κ2) is 4.76. The quantitative estimate of drug-likeness (QED) is 0.783. The number of hydrogen-bond donors (Lipinski definition) is 1. The van der Waals surface area contributed by atoms with Gasteiger partial charge in [0.15, 0.2) is 0 Å². The Kier molecular flexibility index (Phi) is 2.77. The molecule has 4 nitrogen and oxygen atoms in total. The van der Waals surface area contributed by atoms with E-state index in [4.69, 9.17) is 5.10 Å². The van der Waals surface area contributed by atoms with Gasteiger partial charge in [0.2, 0.25) is 0 Å². The maximum absolute atomic E-state index is 4.79. The summed E-state index contributed by atoms with van der Waals surface area (Å²) in [6.07, 6.45) is 4.68. The minimum atomic E-state index is 0.349. The van der Waals surface area contributed by atoms with Crippen molar-refractivity contribution >= 4 is 17.2 Å². The fourth-order valence-electron chi connectivity index (χ4n) is 2.63. The second-order valence-corrected chi connectivity index (χ2v) is 5.82. The molecule has 1 aliphatic heterocycles. The van der Waals surface area contributed by atoms with E-state index in [0.717, 1.165) is 30.0 Å². The van der Waals surface area contributed by atoms with Crippen LogP contribution >= 0.6 is 11.3 Å². The minimum Gasteiger partial charge on any atom is -0.370 e. The SMILES string of the molecule is c1csc(C2CCNc3cc(-c4ccncc4)nn32)c1. The van der Waals surface area contributed by atoms with Gasteiger partial charge in [-0.25, -0.2) is 4.68 Å². The predicted octanol–water partition coefficient (Wildman–Crippen LogP) is 3.41. The third kappa shape index (κ3) is 1.91. The van der Waals surface area contributed by atoms with E-state index in [-0.39, 0.29) is 0 Å². The average Bonchev–Trinajstić information content (AvgIpc) is 3.17. The van der Waals surface area contributed by atoms with Crippen molar-refractivity contribution in [2.75, 3.05) is 11.9 Å². The Hall–Kier alpha value is -2.14. The van der Waals surface area contributed by atoms with E-state index in [2.05, 4.69) is 38.6 Å². The van der Waals surface area contributed by atoms with E-state index in [1.54, 1.807) is 23.7 Å². The lowest BCUT2D eigenvalue weighted by Gasteiger charge is -2.24. The van der Waals surface area contributed by atoms with Gasteiger partial charge in [-0.15, -0.1) is 11.3 Å². The van der Waals surface area contributed by atoms with Gasteiger partial charge in [-0.1, -0.05) is 6.07 Å². The van der Waals surface area contributed by atoms with Crippen molar-refractivity contribution in [3.05, 3.63) is 53.0 Å². The number of thiophene rings is 1. The molecule has 0 fully saturated rings.